The van der Waals surface area contributed by atoms with Gasteiger partial charge in [0.05, 0.1) is 19.9 Å². The smallest absolute Gasteiger partial charge is 0.320 e. The summed E-state index contributed by atoms with van der Waals surface area (Å²) in [6.07, 6.45) is 0. The number of nitrogens with one attached hydrogen (secondary N) is 1. The molecule has 0 saturated carbocycles. The molecule has 3 aromatic rings. The first-order valence-corrected chi connectivity index (χ1v) is 7.70. The molecule has 0 bridgehead atoms. The topological polar surface area (TPSA) is 114 Å². The Bertz CT molecular complexity index is 956. The van der Waals surface area contributed by atoms with Gasteiger partial charge in [-0.1, -0.05) is 5.10 Å². The number of rotatable bonds is 5. The van der Waals surface area contributed by atoms with Crippen LogP contribution in [0.4, 0.5) is 17.4 Å². The van der Waals surface area contributed by atoms with E-state index in [0.29, 0.717) is 34.2 Å². The summed E-state index contributed by atoms with van der Waals surface area (Å²) in [7, 11) is 3.08. The first kappa shape index (κ1) is 15.9. The van der Waals surface area contributed by atoms with Crippen LogP contribution in [0.5, 0.6) is 23.0 Å². The number of fused-ring (bicyclic) bond motifs is 1. The number of nitrogens with two attached hydrogens (primary N) is 1. The van der Waals surface area contributed by atoms with Gasteiger partial charge in [-0.05, 0) is 12.1 Å². The van der Waals surface area contributed by atoms with E-state index in [4.69, 9.17) is 29.1 Å². The lowest BCUT2D eigenvalue weighted by molar-refractivity contribution is 0.174. The van der Waals surface area contributed by atoms with E-state index in [1.807, 2.05) is 6.07 Å². The van der Waals surface area contributed by atoms with Gasteiger partial charge >= 0.3 is 6.01 Å². The van der Waals surface area contributed by atoms with Crippen molar-refractivity contribution in [3.63, 3.8) is 0 Å². The van der Waals surface area contributed by atoms with Crippen molar-refractivity contribution in [3.8, 4) is 34.5 Å². The van der Waals surface area contributed by atoms with E-state index in [1.54, 1.807) is 31.4 Å². The largest absolute Gasteiger partial charge is 0.497 e. The van der Waals surface area contributed by atoms with Crippen molar-refractivity contribution in [2.75, 3.05) is 32.1 Å². The van der Waals surface area contributed by atoms with Gasteiger partial charge in [0.25, 0.3) is 5.89 Å². The minimum Gasteiger partial charge on any atom is -0.497 e. The Morgan fingerprint density at radius 1 is 1.04 bits per heavy atom. The van der Waals surface area contributed by atoms with Crippen LogP contribution in [-0.4, -0.2) is 31.2 Å². The van der Waals surface area contributed by atoms with Crippen LogP contribution < -0.4 is 30.0 Å². The molecule has 26 heavy (non-hydrogen) atoms. The van der Waals surface area contributed by atoms with Crippen LogP contribution >= 0.6 is 0 Å². The molecule has 9 nitrogen and oxygen atoms in total. The number of ether oxygens (including phenoxy) is 4. The van der Waals surface area contributed by atoms with Gasteiger partial charge in [-0.3, -0.25) is 0 Å². The summed E-state index contributed by atoms with van der Waals surface area (Å²) in [6.45, 7) is 0.208. The summed E-state index contributed by atoms with van der Waals surface area (Å²) < 4.78 is 26.9. The van der Waals surface area contributed by atoms with E-state index < -0.39 is 0 Å². The van der Waals surface area contributed by atoms with Crippen molar-refractivity contribution in [1.82, 2.24) is 10.2 Å². The predicted octanol–water partition coefficient (Wildman–Crippen LogP) is 2.81. The van der Waals surface area contributed by atoms with Gasteiger partial charge in [0.2, 0.25) is 6.79 Å². The highest BCUT2D eigenvalue weighted by Crippen LogP contribution is 2.39. The predicted molar refractivity (Wildman–Crippen MR) is 93.1 cm³/mol. The van der Waals surface area contributed by atoms with Crippen LogP contribution in [0.1, 0.15) is 0 Å². The molecule has 0 spiro atoms. The summed E-state index contributed by atoms with van der Waals surface area (Å²) in [6, 6.07) is 8.96. The molecule has 9 heteroatoms. The summed E-state index contributed by atoms with van der Waals surface area (Å²) in [5, 5.41) is 11.1. The van der Waals surface area contributed by atoms with Crippen LogP contribution in [0.3, 0.4) is 0 Å². The van der Waals surface area contributed by atoms with Gasteiger partial charge in [-0.15, -0.1) is 5.10 Å². The average molecular weight is 356 g/mol. The molecule has 0 aliphatic carbocycles. The highest BCUT2D eigenvalue weighted by molar-refractivity contribution is 5.79. The Balaban J connectivity index is 1.62. The number of nitrogens with zero attached hydrogens (tertiary/aromatic N) is 2. The number of benzene rings is 2. The molecule has 0 saturated heterocycles. The maximum atomic E-state index is 6.09. The highest BCUT2D eigenvalue weighted by Gasteiger charge is 2.19. The van der Waals surface area contributed by atoms with Crippen molar-refractivity contribution < 1.29 is 23.4 Å². The van der Waals surface area contributed by atoms with E-state index in [9.17, 15) is 0 Å². The second kappa shape index (κ2) is 6.36. The standard InChI is InChI=1S/C17H16N4O5/c1-22-10-6-11(18)15(14(7-10)23-2)16-20-21-17(26-16)19-9-3-4-12-13(5-9)25-8-24-12/h3-7H,8,18H2,1-2H3,(H,19,21). The monoisotopic (exact) mass is 356 g/mol. The van der Waals surface area contributed by atoms with Crippen molar-refractivity contribution in [2.45, 2.75) is 0 Å². The fraction of sp³-hybridized carbons (Fsp3) is 0.176. The molecular formula is C17H16N4O5. The molecule has 0 fully saturated rings. The van der Waals surface area contributed by atoms with Crippen molar-refractivity contribution in [3.05, 3.63) is 30.3 Å². The Kier molecular flexibility index (Phi) is 3.88. The van der Waals surface area contributed by atoms with Gasteiger partial charge in [0.1, 0.15) is 17.1 Å². The number of hydrogen-bond acceptors (Lipinski definition) is 9. The lowest BCUT2D eigenvalue weighted by Crippen LogP contribution is -1.97. The zero-order valence-corrected chi connectivity index (χ0v) is 14.1. The molecular weight excluding hydrogens is 340 g/mol. The molecule has 0 amide bonds. The lowest BCUT2D eigenvalue weighted by atomic mass is 10.1. The molecule has 0 unspecified atom stereocenters. The van der Waals surface area contributed by atoms with Crippen LogP contribution in [0.15, 0.2) is 34.7 Å². The van der Waals surface area contributed by atoms with E-state index >= 15 is 0 Å². The fourth-order valence-corrected chi connectivity index (χ4v) is 2.59. The molecule has 0 radical (unpaired) electrons. The van der Waals surface area contributed by atoms with Crippen LogP contribution in [0.2, 0.25) is 0 Å². The van der Waals surface area contributed by atoms with Gasteiger partial charge in [0.15, 0.2) is 11.5 Å². The first-order valence-electron chi connectivity index (χ1n) is 7.70. The highest BCUT2D eigenvalue weighted by atomic mass is 16.7. The maximum Gasteiger partial charge on any atom is 0.320 e. The number of nitrogen functional groups attached to an aromatic ring is 1. The normalized spacial score (nSPS) is 12.1. The summed E-state index contributed by atoms with van der Waals surface area (Å²) >= 11 is 0. The lowest BCUT2D eigenvalue weighted by Gasteiger charge is -2.10. The van der Waals surface area contributed by atoms with Gasteiger partial charge < -0.3 is 34.4 Å². The minimum atomic E-state index is 0.205. The summed E-state index contributed by atoms with van der Waals surface area (Å²) in [4.78, 5) is 0. The SMILES string of the molecule is COc1cc(N)c(-c2nnc(Nc3ccc4c(c3)OCO4)o2)c(OC)c1. The first-order chi connectivity index (χ1) is 12.7. The third-order valence-corrected chi connectivity index (χ3v) is 3.82. The molecule has 2 aromatic carbocycles. The number of hydrogen-bond donors (Lipinski definition) is 2. The zero-order chi connectivity index (χ0) is 18.1. The molecule has 1 aliphatic heterocycles. The number of aromatic nitrogens is 2. The summed E-state index contributed by atoms with van der Waals surface area (Å²) in [5.74, 6) is 2.61. The molecule has 1 aliphatic rings. The van der Waals surface area contributed by atoms with Gasteiger partial charge in [0, 0.05) is 23.9 Å². The van der Waals surface area contributed by atoms with Crippen molar-refractivity contribution in [2.24, 2.45) is 0 Å². The van der Waals surface area contributed by atoms with Crippen molar-refractivity contribution >= 4 is 17.4 Å². The van der Waals surface area contributed by atoms with Gasteiger partial charge in [-0.2, -0.15) is 0 Å². The van der Waals surface area contributed by atoms with Gasteiger partial charge in [-0.25, -0.2) is 0 Å². The second-order valence-corrected chi connectivity index (χ2v) is 5.40. The molecule has 0 atom stereocenters. The summed E-state index contributed by atoms with van der Waals surface area (Å²) in [5.41, 5.74) is 7.71. The Morgan fingerprint density at radius 2 is 1.88 bits per heavy atom. The molecule has 2 heterocycles. The average Bonchev–Trinajstić information content (AvgIpc) is 3.29. The Labute approximate surface area is 148 Å². The molecule has 4 rings (SSSR count). The zero-order valence-electron chi connectivity index (χ0n) is 14.1. The Hall–Kier alpha value is -3.62. The maximum absolute atomic E-state index is 6.09. The van der Waals surface area contributed by atoms with Crippen LogP contribution in [0, 0.1) is 0 Å². The molecule has 1 aromatic heterocycles. The molecule has 134 valence electrons. The molecule has 3 N–H and O–H groups in total. The van der Waals surface area contributed by atoms with Crippen LogP contribution in [0.25, 0.3) is 11.5 Å². The second-order valence-electron chi connectivity index (χ2n) is 5.40. The Morgan fingerprint density at radius 3 is 2.69 bits per heavy atom. The minimum absolute atomic E-state index is 0.205. The quantitative estimate of drug-likeness (QED) is 0.666. The van der Waals surface area contributed by atoms with Crippen molar-refractivity contribution in [1.29, 1.82) is 0 Å². The van der Waals surface area contributed by atoms with E-state index in [0.717, 1.165) is 5.69 Å². The fourth-order valence-electron chi connectivity index (χ4n) is 2.59. The van der Waals surface area contributed by atoms with Crippen LogP contribution in [-0.2, 0) is 0 Å². The van der Waals surface area contributed by atoms with E-state index in [1.165, 1.54) is 7.11 Å². The van der Waals surface area contributed by atoms with E-state index in [2.05, 4.69) is 15.5 Å². The van der Waals surface area contributed by atoms with E-state index in [-0.39, 0.29) is 18.7 Å². The number of anilines is 3. The number of methoxy groups -OCH3 is 2. The third kappa shape index (κ3) is 2.79. The third-order valence-electron chi connectivity index (χ3n) is 3.82.